The van der Waals surface area contributed by atoms with Crippen LogP contribution in [-0.4, -0.2) is 96.7 Å². The Morgan fingerprint density at radius 2 is 0.438 bits per heavy atom. The second-order valence-corrected chi connectivity index (χ2v) is 35.3. The summed E-state index contributed by atoms with van der Waals surface area (Å²) in [6.07, 6.45) is 66.9. The van der Waals surface area contributed by atoms with Crippen LogP contribution < -0.4 is 0 Å². The van der Waals surface area contributed by atoms with Crippen molar-refractivity contribution in [1.29, 1.82) is 0 Å². The first-order valence-electron chi connectivity index (χ1n) is 44.3. The number of rotatable bonds is 84. The molecular weight excluding hydrogens is 1370 g/mol. The molecule has 19 heteroatoms. The van der Waals surface area contributed by atoms with E-state index in [4.69, 9.17) is 37.0 Å². The summed E-state index contributed by atoms with van der Waals surface area (Å²) >= 11 is 0. The molecule has 0 aliphatic rings. The van der Waals surface area contributed by atoms with Crippen LogP contribution in [0.4, 0.5) is 0 Å². The monoisotopic (exact) mass is 1540 g/mol. The minimum Gasteiger partial charge on any atom is -0.462 e. The average molecular weight is 1540 g/mol. The Morgan fingerprint density at radius 1 is 0.257 bits per heavy atom. The van der Waals surface area contributed by atoms with Crippen LogP contribution >= 0.6 is 15.6 Å². The molecule has 0 fully saturated rings. The van der Waals surface area contributed by atoms with E-state index in [1.807, 2.05) is 0 Å². The number of carbonyl (C=O) groups is 4. The second kappa shape index (κ2) is 76.1. The third-order valence-electron chi connectivity index (χ3n) is 20.1. The molecule has 0 radical (unpaired) electrons. The van der Waals surface area contributed by atoms with Crippen molar-refractivity contribution in [2.24, 2.45) is 17.8 Å². The fraction of sp³-hybridized carbons (Fsp3) is 0.953. The molecule has 0 aromatic heterocycles. The van der Waals surface area contributed by atoms with E-state index in [1.165, 1.54) is 257 Å². The number of phosphoric acid groups is 2. The van der Waals surface area contributed by atoms with Gasteiger partial charge < -0.3 is 33.8 Å². The highest BCUT2D eigenvalue weighted by Crippen LogP contribution is 2.45. The average Bonchev–Trinajstić information content (AvgIpc) is 0.911. The van der Waals surface area contributed by atoms with Crippen LogP contribution in [0.15, 0.2) is 0 Å². The molecule has 0 spiro atoms. The SMILES string of the molecule is CCCCCCCCCCCCCCCCCCCC(=O)O[C@H](COC(=O)CCCCCCCCC(C)C)COP(=O)(O)OC[C@H](O)COP(=O)(O)OC[C@@H](COC(=O)CCCCCCCCCCCCCCCCCC(C)C)OC(=O)CCCCCCCCCCCCCCCCCCCCC(C)C. The first-order chi connectivity index (χ1) is 50.7. The summed E-state index contributed by atoms with van der Waals surface area (Å²) in [6, 6.07) is 0. The van der Waals surface area contributed by atoms with Gasteiger partial charge in [-0.15, -0.1) is 0 Å². The zero-order valence-corrected chi connectivity index (χ0v) is 71.0. The van der Waals surface area contributed by atoms with Gasteiger partial charge in [0.05, 0.1) is 26.4 Å². The van der Waals surface area contributed by atoms with E-state index < -0.39 is 97.5 Å². The van der Waals surface area contributed by atoms with E-state index >= 15 is 0 Å². The summed E-state index contributed by atoms with van der Waals surface area (Å²) in [6.45, 7) is 12.0. The predicted octanol–water partition coefficient (Wildman–Crippen LogP) is 26.1. The fourth-order valence-corrected chi connectivity index (χ4v) is 14.9. The molecule has 0 aliphatic heterocycles. The lowest BCUT2D eigenvalue weighted by Crippen LogP contribution is -2.30. The van der Waals surface area contributed by atoms with Gasteiger partial charge in [-0.1, -0.05) is 402 Å². The number of hydrogen-bond donors (Lipinski definition) is 3. The number of hydrogen-bond acceptors (Lipinski definition) is 15. The molecule has 0 aromatic rings. The molecule has 2 unspecified atom stereocenters. The van der Waals surface area contributed by atoms with Crippen molar-refractivity contribution < 1.29 is 80.2 Å². The summed E-state index contributed by atoms with van der Waals surface area (Å²) in [5, 5.41) is 10.7. The van der Waals surface area contributed by atoms with E-state index in [9.17, 15) is 43.2 Å². The number of unbranched alkanes of at least 4 members (excludes halogenated alkanes) is 52. The minimum atomic E-state index is -4.97. The highest BCUT2D eigenvalue weighted by Gasteiger charge is 2.30. The predicted molar refractivity (Wildman–Crippen MR) is 432 cm³/mol. The zero-order valence-electron chi connectivity index (χ0n) is 69.2. The number of carbonyl (C=O) groups excluding carboxylic acids is 4. The van der Waals surface area contributed by atoms with Crippen molar-refractivity contribution in [1.82, 2.24) is 0 Å². The Hall–Kier alpha value is -1.94. The number of ether oxygens (including phenoxy) is 4. The molecule has 3 N–H and O–H groups in total. The Morgan fingerprint density at radius 3 is 0.648 bits per heavy atom. The normalized spacial score (nSPS) is 13.9. The molecule has 0 saturated heterocycles. The van der Waals surface area contributed by atoms with E-state index in [-0.39, 0.29) is 25.7 Å². The highest BCUT2D eigenvalue weighted by molar-refractivity contribution is 7.47. The summed E-state index contributed by atoms with van der Waals surface area (Å²) in [4.78, 5) is 73.2. The van der Waals surface area contributed by atoms with Gasteiger partial charge in [0.2, 0.25) is 0 Å². The van der Waals surface area contributed by atoms with E-state index in [1.54, 1.807) is 0 Å². The van der Waals surface area contributed by atoms with Gasteiger partial charge in [0.15, 0.2) is 12.2 Å². The summed E-state index contributed by atoms with van der Waals surface area (Å²) in [7, 11) is -9.93. The van der Waals surface area contributed by atoms with E-state index in [0.717, 1.165) is 108 Å². The van der Waals surface area contributed by atoms with E-state index in [0.29, 0.717) is 31.6 Å². The Kier molecular flexibility index (Phi) is 74.7. The van der Waals surface area contributed by atoms with Crippen LogP contribution in [0, 0.1) is 17.8 Å². The largest absolute Gasteiger partial charge is 0.472 e. The lowest BCUT2D eigenvalue weighted by Gasteiger charge is -2.21. The fourth-order valence-electron chi connectivity index (χ4n) is 13.4. The van der Waals surface area contributed by atoms with Gasteiger partial charge in [0.25, 0.3) is 0 Å². The van der Waals surface area contributed by atoms with Gasteiger partial charge in [-0.05, 0) is 43.4 Å². The molecule has 0 aromatic carbocycles. The van der Waals surface area contributed by atoms with Gasteiger partial charge in [0.1, 0.15) is 19.3 Å². The van der Waals surface area contributed by atoms with Gasteiger partial charge in [0, 0.05) is 25.7 Å². The van der Waals surface area contributed by atoms with Crippen molar-refractivity contribution >= 4 is 39.5 Å². The van der Waals surface area contributed by atoms with Gasteiger partial charge in [-0.25, -0.2) is 9.13 Å². The summed E-state index contributed by atoms with van der Waals surface area (Å²) in [5.41, 5.74) is 0. The van der Waals surface area contributed by atoms with Gasteiger partial charge in [-0.3, -0.25) is 37.3 Å². The highest BCUT2D eigenvalue weighted by atomic mass is 31.2. The molecule has 0 rings (SSSR count). The van der Waals surface area contributed by atoms with Crippen LogP contribution in [0.2, 0.25) is 0 Å². The molecule has 0 saturated carbocycles. The van der Waals surface area contributed by atoms with Crippen LogP contribution in [0.3, 0.4) is 0 Å². The molecule has 5 atom stereocenters. The first kappa shape index (κ1) is 103. The molecule has 0 bridgehead atoms. The lowest BCUT2D eigenvalue weighted by molar-refractivity contribution is -0.161. The number of phosphoric ester groups is 2. The molecule has 105 heavy (non-hydrogen) atoms. The molecule has 624 valence electrons. The maximum atomic E-state index is 13.1. The molecular formula is C86H168O17P2. The Bertz CT molecular complexity index is 2030. The third kappa shape index (κ3) is 79.9. The standard InChI is InChI=1S/C86H168O17P2/c1-8-9-10-11-12-13-14-15-16-19-25-31-36-41-46-55-63-70-86(91)103-82(74-97-84(89)68-61-54-49-48-52-59-66-79(6)7)76-101-105(94,95)99-72-80(87)71-98-104(92,93)100-75-81(73-96-83(88)67-60-53-45-40-35-30-27-22-24-29-34-39-44-51-58-65-78(4)5)102-85(90)69-62-56-47-42-37-32-26-21-18-17-20-23-28-33-38-43-50-57-64-77(2)3/h77-82,87H,8-76H2,1-7H3,(H,92,93)(H,94,95)/t80-,81-,82-/m1/s1. The summed E-state index contributed by atoms with van der Waals surface area (Å²) in [5.74, 6) is 0.200. The Labute approximate surface area is 645 Å². The zero-order chi connectivity index (χ0) is 77.2. The van der Waals surface area contributed by atoms with Crippen molar-refractivity contribution in [2.75, 3.05) is 39.6 Å². The topological polar surface area (TPSA) is 237 Å². The van der Waals surface area contributed by atoms with Crippen molar-refractivity contribution in [3.8, 4) is 0 Å². The quantitative estimate of drug-likeness (QED) is 0.0222. The number of aliphatic hydroxyl groups is 1. The molecule has 17 nitrogen and oxygen atoms in total. The maximum absolute atomic E-state index is 13.1. The van der Waals surface area contributed by atoms with E-state index in [2.05, 4.69) is 48.5 Å². The second-order valence-electron chi connectivity index (χ2n) is 32.4. The number of aliphatic hydroxyl groups excluding tert-OH is 1. The minimum absolute atomic E-state index is 0.107. The van der Waals surface area contributed by atoms with Crippen molar-refractivity contribution in [2.45, 2.75) is 471 Å². The van der Waals surface area contributed by atoms with Crippen LogP contribution in [0.1, 0.15) is 453 Å². The van der Waals surface area contributed by atoms with Crippen LogP contribution in [0.25, 0.3) is 0 Å². The molecule has 0 amide bonds. The summed E-state index contributed by atoms with van der Waals surface area (Å²) < 4.78 is 68.9. The van der Waals surface area contributed by atoms with Crippen LogP contribution in [0.5, 0.6) is 0 Å². The molecule has 0 aliphatic carbocycles. The maximum Gasteiger partial charge on any atom is 0.472 e. The molecule has 0 heterocycles. The van der Waals surface area contributed by atoms with Crippen LogP contribution in [-0.2, 0) is 65.4 Å². The number of esters is 4. The van der Waals surface area contributed by atoms with Gasteiger partial charge in [-0.2, -0.15) is 0 Å². The van der Waals surface area contributed by atoms with Crippen molar-refractivity contribution in [3.63, 3.8) is 0 Å². The van der Waals surface area contributed by atoms with Gasteiger partial charge >= 0.3 is 39.5 Å². The lowest BCUT2D eigenvalue weighted by atomic mass is 10.0. The smallest absolute Gasteiger partial charge is 0.462 e. The first-order valence-corrected chi connectivity index (χ1v) is 47.3. The van der Waals surface area contributed by atoms with Crippen molar-refractivity contribution in [3.05, 3.63) is 0 Å². The third-order valence-corrected chi connectivity index (χ3v) is 22.0. The Balaban J connectivity index is 5.21.